The minimum absolute atomic E-state index is 0.489. The number of carboxylic acids is 1. The molecule has 3 unspecified atom stereocenters. The van der Waals surface area contributed by atoms with Gasteiger partial charge >= 0.3 is 5.97 Å². The Labute approximate surface area is 96.6 Å². The summed E-state index contributed by atoms with van der Waals surface area (Å²) in [6.07, 6.45) is 4.21. The molecule has 0 radical (unpaired) electrons. The predicted octanol–water partition coefficient (Wildman–Crippen LogP) is 1.35. The van der Waals surface area contributed by atoms with Crippen LogP contribution in [0.4, 0.5) is 0 Å². The van der Waals surface area contributed by atoms with Crippen molar-refractivity contribution in [3.05, 3.63) is 0 Å². The van der Waals surface area contributed by atoms with Crippen molar-refractivity contribution in [3.8, 4) is 0 Å². The Morgan fingerprint density at radius 2 is 2.31 bits per heavy atom. The van der Waals surface area contributed by atoms with E-state index >= 15 is 0 Å². The van der Waals surface area contributed by atoms with Gasteiger partial charge in [-0.1, -0.05) is 0 Å². The number of likely N-dealkylation sites (tertiary alicyclic amines) is 1. The number of rotatable bonds is 5. The van der Waals surface area contributed by atoms with E-state index in [2.05, 4.69) is 4.90 Å². The molecule has 2 fully saturated rings. The Bertz CT molecular complexity index is 281. The third kappa shape index (κ3) is 1.84. The van der Waals surface area contributed by atoms with Gasteiger partial charge in [0.2, 0.25) is 0 Å². The predicted molar refractivity (Wildman–Crippen MR) is 60.4 cm³/mol. The number of ether oxygens (including phenoxy) is 1. The first-order chi connectivity index (χ1) is 7.58. The van der Waals surface area contributed by atoms with Crippen molar-refractivity contribution in [2.24, 2.45) is 5.92 Å². The van der Waals surface area contributed by atoms with Gasteiger partial charge in [-0.15, -0.1) is 0 Å². The fourth-order valence-electron chi connectivity index (χ4n) is 3.20. The van der Waals surface area contributed by atoms with Gasteiger partial charge in [0, 0.05) is 26.3 Å². The summed E-state index contributed by atoms with van der Waals surface area (Å²) in [6.45, 7) is 3.31. The highest BCUT2D eigenvalue weighted by atomic mass is 16.5. The third-order valence-electron chi connectivity index (χ3n) is 4.30. The number of aliphatic carboxylic acids is 1. The van der Waals surface area contributed by atoms with E-state index in [4.69, 9.17) is 4.74 Å². The molecule has 4 heteroatoms. The fraction of sp³-hybridized carbons (Fsp3) is 0.917. The van der Waals surface area contributed by atoms with Crippen molar-refractivity contribution >= 4 is 5.97 Å². The molecule has 1 N–H and O–H groups in total. The van der Waals surface area contributed by atoms with Crippen LogP contribution >= 0.6 is 0 Å². The van der Waals surface area contributed by atoms with Gasteiger partial charge in [-0.2, -0.15) is 0 Å². The van der Waals surface area contributed by atoms with Crippen LogP contribution in [0.1, 0.15) is 32.6 Å². The molecular weight excluding hydrogens is 206 g/mol. The minimum atomic E-state index is -0.740. The number of carbonyl (C=O) groups is 1. The molecule has 2 rings (SSSR count). The molecule has 1 saturated carbocycles. The van der Waals surface area contributed by atoms with E-state index in [1.54, 1.807) is 7.11 Å². The molecule has 0 spiro atoms. The summed E-state index contributed by atoms with van der Waals surface area (Å²) in [6, 6.07) is 0.489. The smallest absolute Gasteiger partial charge is 0.323 e. The molecule has 3 atom stereocenters. The quantitative estimate of drug-likeness (QED) is 0.770. The van der Waals surface area contributed by atoms with Gasteiger partial charge < -0.3 is 9.84 Å². The van der Waals surface area contributed by atoms with E-state index in [9.17, 15) is 9.90 Å². The number of nitrogens with zero attached hydrogens (tertiary/aromatic N) is 1. The molecule has 2 bridgehead atoms. The fourth-order valence-corrected chi connectivity index (χ4v) is 3.20. The van der Waals surface area contributed by atoms with E-state index < -0.39 is 11.5 Å². The summed E-state index contributed by atoms with van der Waals surface area (Å²) in [5.41, 5.74) is -0.740. The van der Waals surface area contributed by atoms with Crippen molar-refractivity contribution in [3.63, 3.8) is 0 Å². The second-order valence-corrected chi connectivity index (χ2v) is 5.31. The van der Waals surface area contributed by atoms with Gasteiger partial charge in [-0.25, -0.2) is 0 Å². The molecule has 0 aromatic rings. The number of hydrogen-bond acceptors (Lipinski definition) is 3. The lowest BCUT2D eigenvalue weighted by Gasteiger charge is -2.40. The topological polar surface area (TPSA) is 49.8 Å². The molecule has 1 heterocycles. The van der Waals surface area contributed by atoms with Gasteiger partial charge in [0.15, 0.2) is 0 Å². The lowest BCUT2D eigenvalue weighted by Crippen LogP contribution is -2.56. The van der Waals surface area contributed by atoms with E-state index in [-0.39, 0.29) is 0 Å². The zero-order valence-corrected chi connectivity index (χ0v) is 10.1. The standard InChI is InChI=1S/C12H21NO3/c1-12(11(14)15,5-6-16-2)13-8-9-3-4-10(13)7-9/h9-10H,3-8H2,1-2H3,(H,14,15). The molecule has 16 heavy (non-hydrogen) atoms. The first kappa shape index (κ1) is 11.9. The molecule has 0 aromatic heterocycles. The average Bonchev–Trinajstić information content (AvgIpc) is 2.87. The Morgan fingerprint density at radius 3 is 2.75 bits per heavy atom. The second kappa shape index (κ2) is 4.34. The summed E-state index contributed by atoms with van der Waals surface area (Å²) in [5.74, 6) is 0.0170. The van der Waals surface area contributed by atoms with E-state index in [0.717, 1.165) is 12.5 Å². The van der Waals surface area contributed by atoms with Gasteiger partial charge in [0.1, 0.15) is 5.54 Å². The summed E-state index contributed by atoms with van der Waals surface area (Å²) < 4.78 is 5.04. The largest absolute Gasteiger partial charge is 0.480 e. The maximum Gasteiger partial charge on any atom is 0.323 e. The number of piperidine rings is 1. The molecule has 1 saturated heterocycles. The van der Waals surface area contributed by atoms with Crippen LogP contribution in [-0.4, -0.2) is 47.8 Å². The summed E-state index contributed by atoms with van der Waals surface area (Å²) in [4.78, 5) is 13.7. The van der Waals surface area contributed by atoms with Crippen LogP contribution in [0, 0.1) is 5.92 Å². The van der Waals surface area contributed by atoms with Gasteiger partial charge in [0.25, 0.3) is 0 Å². The van der Waals surface area contributed by atoms with Crippen LogP contribution in [0.3, 0.4) is 0 Å². The van der Waals surface area contributed by atoms with Gasteiger partial charge in [-0.3, -0.25) is 9.69 Å². The van der Waals surface area contributed by atoms with Crippen molar-refractivity contribution < 1.29 is 14.6 Å². The van der Waals surface area contributed by atoms with Crippen molar-refractivity contribution in [2.45, 2.75) is 44.2 Å². The number of hydrogen-bond donors (Lipinski definition) is 1. The van der Waals surface area contributed by atoms with E-state index in [1.807, 2.05) is 6.92 Å². The van der Waals surface area contributed by atoms with E-state index in [1.165, 1.54) is 19.3 Å². The Hall–Kier alpha value is -0.610. The molecule has 4 nitrogen and oxygen atoms in total. The maximum atomic E-state index is 11.5. The van der Waals surface area contributed by atoms with Crippen molar-refractivity contribution in [1.29, 1.82) is 0 Å². The molecular formula is C12H21NO3. The monoisotopic (exact) mass is 227 g/mol. The lowest BCUT2D eigenvalue weighted by molar-refractivity contribution is -0.153. The SMILES string of the molecule is COCCC(C)(C(=O)O)N1CC2CCC1C2. The van der Waals surface area contributed by atoms with Gasteiger partial charge in [-0.05, 0) is 38.5 Å². The van der Waals surface area contributed by atoms with Gasteiger partial charge in [0.05, 0.1) is 0 Å². The molecule has 0 aromatic carbocycles. The zero-order chi connectivity index (χ0) is 11.8. The molecule has 1 aliphatic carbocycles. The van der Waals surface area contributed by atoms with Crippen LogP contribution in [0.25, 0.3) is 0 Å². The van der Waals surface area contributed by atoms with Crippen LogP contribution in [-0.2, 0) is 9.53 Å². The van der Waals surface area contributed by atoms with E-state index in [0.29, 0.717) is 19.1 Å². The molecule has 1 aliphatic heterocycles. The normalized spacial score (nSPS) is 32.9. The first-order valence-electron chi connectivity index (χ1n) is 6.07. The number of fused-ring (bicyclic) bond motifs is 2. The third-order valence-corrected chi connectivity index (χ3v) is 4.30. The Balaban J connectivity index is 2.10. The lowest BCUT2D eigenvalue weighted by atomic mass is 9.93. The summed E-state index contributed by atoms with van der Waals surface area (Å²) in [7, 11) is 1.62. The minimum Gasteiger partial charge on any atom is -0.480 e. The van der Waals surface area contributed by atoms with Crippen LogP contribution in [0.5, 0.6) is 0 Å². The molecule has 0 amide bonds. The second-order valence-electron chi connectivity index (χ2n) is 5.31. The Morgan fingerprint density at radius 1 is 1.56 bits per heavy atom. The molecule has 2 aliphatic rings. The average molecular weight is 227 g/mol. The number of carboxylic acid groups (broad SMARTS) is 1. The van der Waals surface area contributed by atoms with Crippen molar-refractivity contribution in [1.82, 2.24) is 4.90 Å². The highest BCUT2D eigenvalue weighted by Gasteiger charge is 2.49. The number of methoxy groups -OCH3 is 1. The van der Waals surface area contributed by atoms with Crippen LogP contribution in [0.2, 0.25) is 0 Å². The highest BCUT2D eigenvalue weighted by Crippen LogP contribution is 2.42. The zero-order valence-electron chi connectivity index (χ0n) is 10.1. The molecule has 92 valence electrons. The summed E-state index contributed by atoms with van der Waals surface area (Å²) >= 11 is 0. The maximum absolute atomic E-state index is 11.5. The highest BCUT2D eigenvalue weighted by molar-refractivity contribution is 5.78. The van der Waals surface area contributed by atoms with Crippen LogP contribution in [0.15, 0.2) is 0 Å². The summed E-state index contributed by atoms with van der Waals surface area (Å²) in [5, 5.41) is 9.45. The Kier molecular flexibility index (Phi) is 3.22. The first-order valence-corrected chi connectivity index (χ1v) is 6.07. The van der Waals surface area contributed by atoms with Crippen molar-refractivity contribution in [2.75, 3.05) is 20.3 Å². The van der Waals surface area contributed by atoms with Crippen LogP contribution < -0.4 is 0 Å².